The fraction of sp³-hybridized carbons (Fsp3) is 0.923. The Bertz CT molecular complexity index is 229. The first-order valence-electron chi connectivity index (χ1n) is 6.39. The lowest BCUT2D eigenvalue weighted by Gasteiger charge is -2.22. The maximum atomic E-state index is 11.6. The Morgan fingerprint density at radius 1 is 1.44 bits per heavy atom. The van der Waals surface area contributed by atoms with Crippen molar-refractivity contribution in [2.45, 2.75) is 58.9 Å². The number of amides is 1. The monoisotopic (exact) mass is 226 g/mol. The lowest BCUT2D eigenvalue weighted by atomic mass is 9.87. The molecule has 0 heterocycles. The minimum atomic E-state index is -0.0130. The molecule has 1 aliphatic rings. The quantitative estimate of drug-likeness (QED) is 0.728. The molecule has 0 spiro atoms. The van der Waals surface area contributed by atoms with Gasteiger partial charge in [-0.3, -0.25) is 4.79 Å². The van der Waals surface area contributed by atoms with E-state index in [0.29, 0.717) is 6.42 Å². The molecule has 94 valence electrons. The van der Waals surface area contributed by atoms with Crippen LogP contribution in [0.1, 0.15) is 52.9 Å². The number of rotatable bonds is 6. The van der Waals surface area contributed by atoms with Crippen molar-refractivity contribution in [3.05, 3.63) is 0 Å². The molecule has 0 aromatic carbocycles. The molecule has 0 bridgehead atoms. The Kier molecular flexibility index (Phi) is 4.78. The van der Waals surface area contributed by atoms with Crippen LogP contribution in [0.4, 0.5) is 0 Å². The summed E-state index contributed by atoms with van der Waals surface area (Å²) >= 11 is 0. The second-order valence-electron chi connectivity index (χ2n) is 6.31. The summed E-state index contributed by atoms with van der Waals surface area (Å²) < 4.78 is 0. The van der Waals surface area contributed by atoms with Gasteiger partial charge in [-0.05, 0) is 24.2 Å². The number of hydrogen-bond acceptors (Lipinski definition) is 2. The zero-order chi connectivity index (χ0) is 12.2. The molecule has 0 radical (unpaired) electrons. The van der Waals surface area contributed by atoms with Gasteiger partial charge in [-0.15, -0.1) is 0 Å². The van der Waals surface area contributed by atoms with E-state index in [1.165, 1.54) is 12.8 Å². The van der Waals surface area contributed by atoms with E-state index in [1.54, 1.807) is 0 Å². The molecule has 1 aliphatic carbocycles. The molecule has 3 N–H and O–H groups in total. The van der Waals surface area contributed by atoms with E-state index in [4.69, 9.17) is 5.73 Å². The molecular weight excluding hydrogens is 200 g/mol. The van der Waals surface area contributed by atoms with Gasteiger partial charge in [0.05, 0.1) is 0 Å². The SMILES string of the molecule is CC(C)(C)CC(N)CC(=O)NCCC1CC1. The van der Waals surface area contributed by atoms with Crippen molar-refractivity contribution >= 4 is 5.91 Å². The number of nitrogens with one attached hydrogen (secondary N) is 1. The predicted molar refractivity (Wildman–Crippen MR) is 67.0 cm³/mol. The van der Waals surface area contributed by atoms with E-state index >= 15 is 0 Å². The highest BCUT2D eigenvalue weighted by Crippen LogP contribution is 2.31. The average molecular weight is 226 g/mol. The molecule has 1 saturated carbocycles. The normalized spacial score (nSPS) is 18.2. The van der Waals surface area contributed by atoms with Crippen LogP contribution in [-0.2, 0) is 4.79 Å². The highest BCUT2D eigenvalue weighted by Gasteiger charge is 2.21. The molecule has 0 aromatic rings. The average Bonchev–Trinajstić information content (AvgIpc) is 2.83. The summed E-state index contributed by atoms with van der Waals surface area (Å²) in [4.78, 5) is 11.6. The Labute approximate surface area is 99.2 Å². The fourth-order valence-electron chi connectivity index (χ4n) is 1.99. The van der Waals surface area contributed by atoms with Crippen LogP contribution in [0.2, 0.25) is 0 Å². The topological polar surface area (TPSA) is 55.1 Å². The molecule has 1 fully saturated rings. The standard InChI is InChI=1S/C13H26N2O/c1-13(2,3)9-11(14)8-12(16)15-7-6-10-4-5-10/h10-11H,4-9,14H2,1-3H3,(H,15,16). The second-order valence-corrected chi connectivity index (χ2v) is 6.31. The van der Waals surface area contributed by atoms with Crippen molar-refractivity contribution in [1.82, 2.24) is 5.32 Å². The van der Waals surface area contributed by atoms with Gasteiger partial charge in [-0.25, -0.2) is 0 Å². The Morgan fingerprint density at radius 2 is 2.06 bits per heavy atom. The molecule has 3 nitrogen and oxygen atoms in total. The van der Waals surface area contributed by atoms with Crippen LogP contribution in [0.5, 0.6) is 0 Å². The first kappa shape index (κ1) is 13.5. The molecule has 3 heteroatoms. The van der Waals surface area contributed by atoms with Crippen molar-refractivity contribution in [1.29, 1.82) is 0 Å². The van der Waals surface area contributed by atoms with Gasteiger partial charge in [0, 0.05) is 19.0 Å². The van der Waals surface area contributed by atoms with E-state index in [1.807, 2.05) is 0 Å². The van der Waals surface area contributed by atoms with Gasteiger partial charge in [0.1, 0.15) is 0 Å². The summed E-state index contributed by atoms with van der Waals surface area (Å²) in [6.07, 6.45) is 5.18. The van der Waals surface area contributed by atoms with Gasteiger partial charge in [0.25, 0.3) is 0 Å². The smallest absolute Gasteiger partial charge is 0.221 e. The van der Waals surface area contributed by atoms with E-state index in [9.17, 15) is 4.79 Å². The van der Waals surface area contributed by atoms with E-state index in [0.717, 1.165) is 25.3 Å². The third kappa shape index (κ3) is 6.83. The third-order valence-corrected chi connectivity index (χ3v) is 2.89. The summed E-state index contributed by atoms with van der Waals surface area (Å²) in [5, 5.41) is 2.95. The zero-order valence-corrected chi connectivity index (χ0v) is 10.9. The lowest BCUT2D eigenvalue weighted by molar-refractivity contribution is -0.121. The van der Waals surface area contributed by atoms with Crippen LogP contribution in [-0.4, -0.2) is 18.5 Å². The van der Waals surface area contributed by atoms with Gasteiger partial charge in [-0.2, -0.15) is 0 Å². The Balaban J connectivity index is 2.07. The van der Waals surface area contributed by atoms with E-state index in [-0.39, 0.29) is 17.4 Å². The minimum absolute atomic E-state index is 0.0130. The van der Waals surface area contributed by atoms with Crippen molar-refractivity contribution in [2.75, 3.05) is 6.54 Å². The molecule has 16 heavy (non-hydrogen) atoms. The van der Waals surface area contributed by atoms with E-state index in [2.05, 4.69) is 26.1 Å². The maximum Gasteiger partial charge on any atom is 0.221 e. The molecule has 1 atom stereocenters. The lowest BCUT2D eigenvalue weighted by Crippen LogP contribution is -2.34. The fourth-order valence-corrected chi connectivity index (χ4v) is 1.99. The van der Waals surface area contributed by atoms with Crippen LogP contribution in [0, 0.1) is 11.3 Å². The summed E-state index contributed by atoms with van der Waals surface area (Å²) in [7, 11) is 0. The van der Waals surface area contributed by atoms with Gasteiger partial charge < -0.3 is 11.1 Å². The van der Waals surface area contributed by atoms with Gasteiger partial charge in [0.15, 0.2) is 0 Å². The number of nitrogens with two attached hydrogens (primary N) is 1. The van der Waals surface area contributed by atoms with Crippen LogP contribution < -0.4 is 11.1 Å². The Morgan fingerprint density at radius 3 is 2.56 bits per heavy atom. The molecule has 0 aromatic heterocycles. The zero-order valence-electron chi connectivity index (χ0n) is 10.9. The van der Waals surface area contributed by atoms with Crippen molar-refractivity contribution in [3.8, 4) is 0 Å². The highest BCUT2D eigenvalue weighted by molar-refractivity contribution is 5.76. The third-order valence-electron chi connectivity index (χ3n) is 2.89. The predicted octanol–water partition coefficient (Wildman–Crippen LogP) is 2.06. The summed E-state index contributed by atoms with van der Waals surface area (Å²) in [5.41, 5.74) is 6.15. The van der Waals surface area contributed by atoms with Crippen LogP contribution in [0.3, 0.4) is 0 Å². The van der Waals surface area contributed by atoms with Crippen molar-refractivity contribution < 1.29 is 4.79 Å². The summed E-state index contributed by atoms with van der Waals surface area (Å²) in [6.45, 7) is 7.28. The minimum Gasteiger partial charge on any atom is -0.356 e. The molecule has 1 amide bonds. The summed E-state index contributed by atoms with van der Waals surface area (Å²) in [5.74, 6) is 0.987. The molecule has 1 rings (SSSR count). The molecule has 1 unspecified atom stereocenters. The molecule has 0 aliphatic heterocycles. The van der Waals surface area contributed by atoms with Gasteiger partial charge in [-0.1, -0.05) is 33.6 Å². The molecule has 0 saturated heterocycles. The number of carbonyl (C=O) groups excluding carboxylic acids is 1. The second kappa shape index (κ2) is 5.67. The van der Waals surface area contributed by atoms with Crippen molar-refractivity contribution in [2.24, 2.45) is 17.1 Å². The van der Waals surface area contributed by atoms with Gasteiger partial charge in [0.2, 0.25) is 5.91 Å². The maximum absolute atomic E-state index is 11.6. The first-order valence-corrected chi connectivity index (χ1v) is 6.39. The van der Waals surface area contributed by atoms with Crippen LogP contribution in [0.15, 0.2) is 0 Å². The number of carbonyl (C=O) groups is 1. The van der Waals surface area contributed by atoms with Crippen LogP contribution in [0.25, 0.3) is 0 Å². The van der Waals surface area contributed by atoms with Gasteiger partial charge >= 0.3 is 0 Å². The van der Waals surface area contributed by atoms with Crippen molar-refractivity contribution in [3.63, 3.8) is 0 Å². The molecular formula is C13H26N2O. The highest BCUT2D eigenvalue weighted by atomic mass is 16.1. The van der Waals surface area contributed by atoms with E-state index < -0.39 is 0 Å². The first-order chi connectivity index (χ1) is 7.37. The number of hydrogen-bond donors (Lipinski definition) is 2. The largest absolute Gasteiger partial charge is 0.356 e. The Hall–Kier alpha value is -0.570. The van der Waals surface area contributed by atoms with Crippen LogP contribution >= 0.6 is 0 Å². The summed E-state index contributed by atoms with van der Waals surface area (Å²) in [6, 6.07) is -0.0130.